The van der Waals surface area contributed by atoms with Gasteiger partial charge in [-0.05, 0) is 88.2 Å². The van der Waals surface area contributed by atoms with Crippen molar-refractivity contribution in [3.63, 3.8) is 0 Å². The number of halogens is 1. The molecule has 39 heavy (non-hydrogen) atoms. The van der Waals surface area contributed by atoms with Gasteiger partial charge >= 0.3 is 6.09 Å². The number of carbonyl (C=O) groups excluding carboxylic acids is 1. The molecule has 1 amide bonds. The first-order valence-electron chi connectivity index (χ1n) is 14.0. The van der Waals surface area contributed by atoms with Gasteiger partial charge in [-0.15, -0.1) is 0 Å². The molecular weight excluding hydrogens is 514 g/mol. The molecule has 0 saturated carbocycles. The third-order valence-corrected chi connectivity index (χ3v) is 7.82. The van der Waals surface area contributed by atoms with E-state index in [1.165, 1.54) is 24.8 Å². The Kier molecular flexibility index (Phi) is 10.5. The van der Waals surface area contributed by atoms with Gasteiger partial charge in [0.2, 0.25) is 0 Å². The van der Waals surface area contributed by atoms with E-state index in [9.17, 15) is 4.79 Å². The molecule has 1 N–H and O–H groups in total. The maximum absolute atomic E-state index is 13.1. The lowest BCUT2D eigenvalue weighted by molar-refractivity contribution is 0.0629. The number of amides is 1. The summed E-state index contributed by atoms with van der Waals surface area (Å²) in [6.45, 7) is 7.44. The molecule has 1 atom stereocenters. The standard InChI is InChI=1S/C31H42ClN3O4/c1-22(2)34(3)16-7-5-6-8-18-38-25-12-9-23(10-13-25)30-29-26(27-21-24(32)11-14-28(27)33-29)15-17-35(30)31(36)39-20-19-37-4/h9-14,21-22,30,33H,5-8,15-20H2,1-4H3. The summed E-state index contributed by atoms with van der Waals surface area (Å²) in [4.78, 5) is 20.9. The minimum Gasteiger partial charge on any atom is -0.494 e. The first-order chi connectivity index (χ1) is 18.9. The second-order valence-electron chi connectivity index (χ2n) is 10.6. The molecule has 212 valence electrons. The van der Waals surface area contributed by atoms with E-state index in [1.54, 1.807) is 12.0 Å². The van der Waals surface area contributed by atoms with Crippen molar-refractivity contribution in [2.75, 3.05) is 47.1 Å². The van der Waals surface area contributed by atoms with Crippen LogP contribution in [0.2, 0.25) is 5.02 Å². The van der Waals surface area contributed by atoms with Crippen molar-refractivity contribution >= 4 is 28.6 Å². The van der Waals surface area contributed by atoms with Crippen LogP contribution in [0.3, 0.4) is 0 Å². The molecule has 0 saturated heterocycles. The number of nitrogens with zero attached hydrogens (tertiary/aromatic N) is 2. The molecule has 0 bridgehead atoms. The molecule has 2 aromatic carbocycles. The lowest BCUT2D eigenvalue weighted by Crippen LogP contribution is -2.41. The number of benzene rings is 2. The lowest BCUT2D eigenvalue weighted by atomic mass is 9.92. The minimum absolute atomic E-state index is 0.217. The maximum Gasteiger partial charge on any atom is 0.410 e. The molecule has 0 spiro atoms. The lowest BCUT2D eigenvalue weighted by Gasteiger charge is -2.35. The van der Waals surface area contributed by atoms with Crippen LogP contribution in [0, 0.1) is 0 Å². The monoisotopic (exact) mass is 555 g/mol. The van der Waals surface area contributed by atoms with Gasteiger partial charge in [0.15, 0.2) is 0 Å². The number of rotatable bonds is 13. The van der Waals surface area contributed by atoms with E-state index >= 15 is 0 Å². The molecule has 8 heteroatoms. The van der Waals surface area contributed by atoms with Gasteiger partial charge in [-0.25, -0.2) is 4.79 Å². The molecular formula is C31H42ClN3O4. The molecule has 1 aliphatic heterocycles. The fourth-order valence-electron chi connectivity index (χ4n) is 5.11. The number of H-pyrrole nitrogens is 1. The summed E-state index contributed by atoms with van der Waals surface area (Å²) in [6.07, 6.45) is 5.02. The third kappa shape index (κ3) is 7.47. The average molecular weight is 556 g/mol. The average Bonchev–Trinajstić information content (AvgIpc) is 3.30. The van der Waals surface area contributed by atoms with Gasteiger partial charge in [0, 0.05) is 41.3 Å². The number of hydrogen-bond donors (Lipinski definition) is 1. The summed E-state index contributed by atoms with van der Waals surface area (Å²) in [7, 11) is 3.78. The smallest absolute Gasteiger partial charge is 0.410 e. The Morgan fingerprint density at radius 2 is 1.85 bits per heavy atom. The zero-order valence-corrected chi connectivity index (χ0v) is 24.4. The Morgan fingerprint density at radius 1 is 1.08 bits per heavy atom. The Balaban J connectivity index is 1.43. The van der Waals surface area contributed by atoms with E-state index in [4.69, 9.17) is 25.8 Å². The first-order valence-corrected chi connectivity index (χ1v) is 14.4. The number of carbonyl (C=O) groups is 1. The van der Waals surface area contributed by atoms with Crippen molar-refractivity contribution in [1.82, 2.24) is 14.8 Å². The van der Waals surface area contributed by atoms with Crippen molar-refractivity contribution in [3.05, 3.63) is 64.3 Å². The normalized spacial score (nSPS) is 15.3. The maximum atomic E-state index is 13.1. The van der Waals surface area contributed by atoms with Crippen LogP contribution in [-0.4, -0.2) is 74.0 Å². The van der Waals surface area contributed by atoms with Crippen molar-refractivity contribution in [3.8, 4) is 5.75 Å². The third-order valence-electron chi connectivity index (χ3n) is 7.59. The quantitative estimate of drug-likeness (QED) is 0.234. The van der Waals surface area contributed by atoms with E-state index < -0.39 is 0 Å². The molecule has 1 aromatic heterocycles. The van der Waals surface area contributed by atoms with Gasteiger partial charge in [-0.3, -0.25) is 4.90 Å². The van der Waals surface area contributed by atoms with Crippen LogP contribution in [-0.2, 0) is 15.9 Å². The summed E-state index contributed by atoms with van der Waals surface area (Å²) in [5.74, 6) is 0.840. The molecule has 2 heterocycles. The molecule has 0 fully saturated rings. The number of methoxy groups -OCH3 is 1. The van der Waals surface area contributed by atoms with Crippen LogP contribution in [0.1, 0.15) is 62.4 Å². The van der Waals surface area contributed by atoms with Crippen LogP contribution in [0.15, 0.2) is 42.5 Å². The zero-order chi connectivity index (χ0) is 27.8. The molecule has 7 nitrogen and oxygen atoms in total. The topological polar surface area (TPSA) is 67.0 Å². The first kappa shape index (κ1) is 29.2. The highest BCUT2D eigenvalue weighted by Crippen LogP contribution is 2.39. The Labute approximate surface area is 237 Å². The Morgan fingerprint density at radius 3 is 2.59 bits per heavy atom. The van der Waals surface area contributed by atoms with Crippen LogP contribution < -0.4 is 4.74 Å². The van der Waals surface area contributed by atoms with Gasteiger partial charge in [0.25, 0.3) is 0 Å². The summed E-state index contributed by atoms with van der Waals surface area (Å²) in [6, 6.07) is 14.3. The SMILES string of the molecule is COCCOC(=O)N1CCc2c([nH]c3ccc(Cl)cc23)C1c1ccc(OCCCCCCN(C)C(C)C)cc1. The summed E-state index contributed by atoms with van der Waals surface area (Å²) >= 11 is 6.31. The minimum atomic E-state index is -0.348. The van der Waals surface area contributed by atoms with Gasteiger partial charge in [-0.2, -0.15) is 0 Å². The fourth-order valence-corrected chi connectivity index (χ4v) is 5.28. The summed E-state index contributed by atoms with van der Waals surface area (Å²) in [5, 5.41) is 1.80. The van der Waals surface area contributed by atoms with E-state index in [-0.39, 0.29) is 18.7 Å². The van der Waals surface area contributed by atoms with E-state index in [0.29, 0.717) is 30.8 Å². The molecule has 1 aliphatic rings. The van der Waals surface area contributed by atoms with Gasteiger partial charge < -0.3 is 24.1 Å². The highest BCUT2D eigenvalue weighted by molar-refractivity contribution is 6.31. The zero-order valence-electron chi connectivity index (χ0n) is 23.7. The molecule has 1 unspecified atom stereocenters. The van der Waals surface area contributed by atoms with E-state index in [0.717, 1.165) is 47.3 Å². The van der Waals surface area contributed by atoms with Crippen molar-refractivity contribution in [1.29, 1.82) is 0 Å². The summed E-state index contributed by atoms with van der Waals surface area (Å²) in [5.41, 5.74) is 4.20. The molecule has 0 aliphatic carbocycles. The van der Waals surface area contributed by atoms with Crippen LogP contribution in [0.25, 0.3) is 10.9 Å². The van der Waals surface area contributed by atoms with Crippen LogP contribution in [0.4, 0.5) is 4.79 Å². The summed E-state index contributed by atoms with van der Waals surface area (Å²) < 4.78 is 16.6. The van der Waals surface area contributed by atoms with E-state index in [1.807, 2.05) is 42.5 Å². The highest BCUT2D eigenvalue weighted by atomic mass is 35.5. The Hall–Kier alpha value is -2.74. The number of ether oxygens (including phenoxy) is 3. The Bertz CT molecular complexity index is 1210. The van der Waals surface area contributed by atoms with Crippen LogP contribution >= 0.6 is 11.6 Å². The number of unbranched alkanes of at least 4 members (excludes halogenated alkanes) is 3. The van der Waals surface area contributed by atoms with Crippen LogP contribution in [0.5, 0.6) is 5.75 Å². The predicted molar refractivity (Wildman–Crippen MR) is 157 cm³/mol. The van der Waals surface area contributed by atoms with Crippen molar-refractivity contribution in [2.24, 2.45) is 0 Å². The highest BCUT2D eigenvalue weighted by Gasteiger charge is 2.35. The number of aromatic nitrogens is 1. The second-order valence-corrected chi connectivity index (χ2v) is 11.0. The number of nitrogens with one attached hydrogen (secondary N) is 1. The largest absolute Gasteiger partial charge is 0.494 e. The number of aromatic amines is 1. The van der Waals surface area contributed by atoms with Gasteiger partial charge in [0.05, 0.1) is 13.2 Å². The van der Waals surface area contributed by atoms with Gasteiger partial charge in [-0.1, -0.05) is 36.6 Å². The van der Waals surface area contributed by atoms with Gasteiger partial charge in [0.1, 0.15) is 18.4 Å². The second kappa shape index (κ2) is 14.1. The van der Waals surface area contributed by atoms with Crippen molar-refractivity contribution < 1.29 is 19.0 Å². The fraction of sp³-hybridized carbons (Fsp3) is 0.516. The van der Waals surface area contributed by atoms with E-state index in [2.05, 4.69) is 30.8 Å². The predicted octanol–water partition coefficient (Wildman–Crippen LogP) is 6.83. The molecule has 4 rings (SSSR count). The molecule has 3 aromatic rings. The molecule has 0 radical (unpaired) electrons. The number of hydrogen-bond acceptors (Lipinski definition) is 5. The number of fused-ring (bicyclic) bond motifs is 3. The van der Waals surface area contributed by atoms with Crippen molar-refractivity contribution in [2.45, 2.75) is 58.0 Å².